The van der Waals surface area contributed by atoms with Crippen LogP contribution in [0.15, 0.2) is 0 Å². The Kier molecular flexibility index (Phi) is 3.03. The van der Waals surface area contributed by atoms with Gasteiger partial charge in [0.15, 0.2) is 0 Å². The lowest BCUT2D eigenvalue weighted by Gasteiger charge is -2.39. The molecule has 18 heavy (non-hydrogen) atoms. The summed E-state index contributed by atoms with van der Waals surface area (Å²) < 4.78 is 0. The van der Waals surface area contributed by atoms with E-state index in [1.807, 2.05) is 18.7 Å². The van der Waals surface area contributed by atoms with E-state index >= 15 is 0 Å². The highest BCUT2D eigenvalue weighted by Crippen LogP contribution is 2.35. The largest absolute Gasteiger partial charge is 0.480 e. The summed E-state index contributed by atoms with van der Waals surface area (Å²) in [4.78, 5) is 27.4. The Balaban J connectivity index is 2.21. The molecule has 2 heterocycles. The molecule has 2 fully saturated rings. The first kappa shape index (κ1) is 13.2. The number of carbonyl (C=O) groups excluding carboxylic acids is 1. The summed E-state index contributed by atoms with van der Waals surface area (Å²) >= 11 is 0. The molecule has 1 unspecified atom stereocenters. The molecule has 1 atom stereocenters. The van der Waals surface area contributed by atoms with Crippen LogP contribution in [0.5, 0.6) is 0 Å². The molecule has 0 aromatic carbocycles. The van der Waals surface area contributed by atoms with Gasteiger partial charge in [-0.3, -0.25) is 0 Å². The van der Waals surface area contributed by atoms with Crippen molar-refractivity contribution >= 4 is 12.0 Å². The van der Waals surface area contributed by atoms with E-state index in [9.17, 15) is 14.7 Å². The summed E-state index contributed by atoms with van der Waals surface area (Å²) in [5, 5.41) is 9.35. The molecule has 0 spiro atoms. The monoisotopic (exact) mass is 254 g/mol. The van der Waals surface area contributed by atoms with Gasteiger partial charge in [0, 0.05) is 18.6 Å². The standard InChI is InChI=1S/C13H22N2O3/c1-12(2)6-4-8-14(12)11(18)15-9-5-7-13(15,3)10(16)17/h4-9H2,1-3H3,(H,16,17). The van der Waals surface area contributed by atoms with Gasteiger partial charge >= 0.3 is 12.0 Å². The minimum absolute atomic E-state index is 0.111. The van der Waals surface area contributed by atoms with E-state index in [1.165, 1.54) is 0 Å². The average molecular weight is 254 g/mol. The van der Waals surface area contributed by atoms with E-state index in [1.54, 1.807) is 11.8 Å². The first-order valence-electron chi connectivity index (χ1n) is 6.62. The second-order valence-corrected chi connectivity index (χ2v) is 6.18. The third kappa shape index (κ3) is 1.85. The second-order valence-electron chi connectivity index (χ2n) is 6.18. The van der Waals surface area contributed by atoms with Gasteiger partial charge in [-0.25, -0.2) is 9.59 Å². The Morgan fingerprint density at radius 3 is 2.06 bits per heavy atom. The molecule has 1 N–H and O–H groups in total. The van der Waals surface area contributed by atoms with Crippen LogP contribution in [-0.4, -0.2) is 51.1 Å². The molecular weight excluding hydrogens is 232 g/mol. The van der Waals surface area contributed by atoms with Crippen LogP contribution in [0, 0.1) is 0 Å². The zero-order valence-corrected chi connectivity index (χ0v) is 11.4. The Labute approximate surface area is 108 Å². The van der Waals surface area contributed by atoms with Crippen LogP contribution in [0.25, 0.3) is 0 Å². The van der Waals surface area contributed by atoms with Crippen molar-refractivity contribution in [3.05, 3.63) is 0 Å². The van der Waals surface area contributed by atoms with Gasteiger partial charge in [0.2, 0.25) is 0 Å². The van der Waals surface area contributed by atoms with Crippen molar-refractivity contribution in [3.63, 3.8) is 0 Å². The van der Waals surface area contributed by atoms with E-state index < -0.39 is 11.5 Å². The van der Waals surface area contributed by atoms with E-state index in [0.717, 1.165) is 25.8 Å². The lowest BCUT2D eigenvalue weighted by Crippen LogP contribution is -2.57. The van der Waals surface area contributed by atoms with Crippen LogP contribution in [0.1, 0.15) is 46.5 Å². The van der Waals surface area contributed by atoms with Crippen molar-refractivity contribution in [1.29, 1.82) is 0 Å². The van der Waals surface area contributed by atoms with Crippen LogP contribution >= 0.6 is 0 Å². The fourth-order valence-corrected chi connectivity index (χ4v) is 3.10. The number of carboxylic acid groups (broad SMARTS) is 1. The molecule has 0 aromatic rings. The highest BCUT2D eigenvalue weighted by Gasteiger charge is 2.49. The highest BCUT2D eigenvalue weighted by atomic mass is 16.4. The summed E-state index contributed by atoms with van der Waals surface area (Å²) in [7, 11) is 0. The number of carbonyl (C=O) groups is 2. The zero-order chi connectivity index (χ0) is 13.6. The highest BCUT2D eigenvalue weighted by molar-refractivity contribution is 5.87. The van der Waals surface area contributed by atoms with Crippen LogP contribution in [-0.2, 0) is 4.79 Å². The normalized spacial score (nSPS) is 30.8. The fourth-order valence-electron chi connectivity index (χ4n) is 3.10. The maximum atomic E-state index is 12.6. The lowest BCUT2D eigenvalue weighted by atomic mass is 9.99. The number of hydrogen-bond donors (Lipinski definition) is 1. The molecule has 5 heteroatoms. The van der Waals surface area contributed by atoms with E-state index in [2.05, 4.69) is 0 Å². The van der Waals surface area contributed by atoms with Gasteiger partial charge in [-0.2, -0.15) is 0 Å². The van der Waals surface area contributed by atoms with Gasteiger partial charge in [-0.1, -0.05) is 0 Å². The Morgan fingerprint density at radius 1 is 1.00 bits per heavy atom. The zero-order valence-electron chi connectivity index (χ0n) is 11.4. The fraction of sp³-hybridized carbons (Fsp3) is 0.846. The van der Waals surface area contributed by atoms with Crippen molar-refractivity contribution in [2.24, 2.45) is 0 Å². The maximum absolute atomic E-state index is 12.6. The molecule has 0 radical (unpaired) electrons. The van der Waals surface area contributed by atoms with Crippen molar-refractivity contribution in [2.75, 3.05) is 13.1 Å². The number of urea groups is 1. The Hall–Kier alpha value is -1.26. The maximum Gasteiger partial charge on any atom is 0.329 e. The number of rotatable bonds is 1. The van der Waals surface area contributed by atoms with Crippen LogP contribution in [0.2, 0.25) is 0 Å². The van der Waals surface area contributed by atoms with Crippen LogP contribution in [0.3, 0.4) is 0 Å². The summed E-state index contributed by atoms with van der Waals surface area (Å²) in [6.07, 6.45) is 3.29. The average Bonchev–Trinajstić information content (AvgIpc) is 2.81. The van der Waals surface area contributed by atoms with Crippen LogP contribution in [0.4, 0.5) is 4.79 Å². The number of carboxylic acids is 1. The quantitative estimate of drug-likeness (QED) is 0.777. The van der Waals surface area contributed by atoms with Crippen molar-refractivity contribution in [2.45, 2.75) is 57.5 Å². The summed E-state index contributed by atoms with van der Waals surface area (Å²) in [5.74, 6) is -0.898. The number of likely N-dealkylation sites (tertiary alicyclic amines) is 2. The van der Waals surface area contributed by atoms with Crippen LogP contribution < -0.4 is 0 Å². The molecule has 2 aliphatic rings. The van der Waals surface area contributed by atoms with E-state index in [4.69, 9.17) is 0 Å². The van der Waals surface area contributed by atoms with Gasteiger partial charge in [0.05, 0.1) is 0 Å². The first-order valence-corrected chi connectivity index (χ1v) is 6.62. The molecule has 2 aliphatic heterocycles. The third-order valence-corrected chi connectivity index (χ3v) is 4.46. The third-order valence-electron chi connectivity index (χ3n) is 4.46. The predicted octanol–water partition coefficient (Wildman–Crippen LogP) is 1.92. The Bertz CT molecular complexity index is 380. The Morgan fingerprint density at radius 2 is 1.56 bits per heavy atom. The van der Waals surface area contributed by atoms with Crippen molar-refractivity contribution in [3.8, 4) is 0 Å². The molecule has 102 valence electrons. The van der Waals surface area contributed by atoms with Crippen molar-refractivity contribution < 1.29 is 14.7 Å². The van der Waals surface area contributed by atoms with E-state index in [-0.39, 0.29) is 11.6 Å². The van der Waals surface area contributed by atoms with E-state index in [0.29, 0.717) is 13.0 Å². The number of aliphatic carboxylic acids is 1. The summed E-state index contributed by atoms with van der Waals surface area (Å²) in [5.41, 5.74) is -1.19. The second kappa shape index (κ2) is 4.14. The van der Waals surface area contributed by atoms with Gasteiger partial charge in [0.1, 0.15) is 5.54 Å². The van der Waals surface area contributed by atoms with Gasteiger partial charge in [-0.05, 0) is 46.5 Å². The SMILES string of the molecule is CC1(C)CCCN1C(=O)N1CCCC1(C)C(=O)O. The molecule has 2 amide bonds. The minimum Gasteiger partial charge on any atom is -0.480 e. The van der Waals surface area contributed by atoms with Gasteiger partial charge in [0.25, 0.3) is 0 Å². The number of hydrogen-bond acceptors (Lipinski definition) is 2. The van der Waals surface area contributed by atoms with Crippen molar-refractivity contribution in [1.82, 2.24) is 9.80 Å². The molecule has 0 aliphatic carbocycles. The number of amides is 2. The predicted molar refractivity (Wildman–Crippen MR) is 67.4 cm³/mol. The molecule has 2 rings (SSSR count). The first-order chi connectivity index (χ1) is 8.29. The summed E-state index contributed by atoms with van der Waals surface area (Å²) in [6, 6.07) is -0.111. The molecule has 0 bridgehead atoms. The molecule has 5 nitrogen and oxygen atoms in total. The topological polar surface area (TPSA) is 60.9 Å². The van der Waals surface area contributed by atoms with Gasteiger partial charge < -0.3 is 14.9 Å². The molecule has 0 aromatic heterocycles. The smallest absolute Gasteiger partial charge is 0.329 e. The molecule has 2 saturated heterocycles. The van der Waals surface area contributed by atoms with Gasteiger partial charge in [-0.15, -0.1) is 0 Å². The minimum atomic E-state index is -1.03. The number of nitrogens with zero attached hydrogens (tertiary/aromatic N) is 2. The molecule has 0 saturated carbocycles. The molecular formula is C13H22N2O3. The lowest BCUT2D eigenvalue weighted by molar-refractivity contribution is -0.147. The summed E-state index contributed by atoms with van der Waals surface area (Å²) in [6.45, 7) is 7.04.